The lowest BCUT2D eigenvalue weighted by Crippen LogP contribution is -2.38. The van der Waals surface area contributed by atoms with Crippen LogP contribution in [0.15, 0.2) is 24.3 Å². The zero-order valence-electron chi connectivity index (χ0n) is 12.7. The first-order chi connectivity index (χ1) is 9.69. The Morgan fingerprint density at radius 1 is 1.35 bits per heavy atom. The molecule has 3 atom stereocenters. The van der Waals surface area contributed by atoms with Gasteiger partial charge in [0.15, 0.2) is 0 Å². The Kier molecular flexibility index (Phi) is 6.24. The summed E-state index contributed by atoms with van der Waals surface area (Å²) in [6.07, 6.45) is 5.85. The van der Waals surface area contributed by atoms with Gasteiger partial charge in [-0.2, -0.15) is 0 Å². The van der Waals surface area contributed by atoms with Gasteiger partial charge in [-0.3, -0.25) is 4.21 Å². The molecule has 0 aromatic heterocycles. The minimum atomic E-state index is -0.732. The maximum absolute atomic E-state index is 12.6. The van der Waals surface area contributed by atoms with E-state index in [4.69, 9.17) is 0 Å². The van der Waals surface area contributed by atoms with Gasteiger partial charge in [-0.1, -0.05) is 43.2 Å². The smallest absolute Gasteiger partial charge is 0.0488 e. The predicted molar refractivity (Wildman–Crippen MR) is 87.4 cm³/mol. The van der Waals surface area contributed by atoms with E-state index in [2.05, 4.69) is 43.4 Å². The fourth-order valence-corrected chi connectivity index (χ4v) is 4.62. The number of hydrogen-bond donors (Lipinski definition) is 1. The molecule has 0 amide bonds. The fourth-order valence-electron chi connectivity index (χ4n) is 3.00. The largest absolute Gasteiger partial charge is 0.314 e. The first-order valence-electron chi connectivity index (χ1n) is 7.85. The highest BCUT2D eigenvalue weighted by atomic mass is 32.2. The highest BCUT2D eigenvalue weighted by Crippen LogP contribution is 2.24. The van der Waals surface area contributed by atoms with Crippen molar-refractivity contribution in [3.8, 4) is 0 Å². The molecule has 0 saturated heterocycles. The van der Waals surface area contributed by atoms with Gasteiger partial charge in [0, 0.05) is 27.8 Å². The normalized spacial score (nSPS) is 24.5. The average molecular weight is 293 g/mol. The lowest BCUT2D eigenvalue weighted by atomic mass is 9.95. The zero-order chi connectivity index (χ0) is 14.4. The minimum absolute atomic E-state index is 0.374. The van der Waals surface area contributed by atoms with Gasteiger partial charge in [-0.05, 0) is 44.7 Å². The van der Waals surface area contributed by atoms with Crippen molar-refractivity contribution in [2.24, 2.45) is 0 Å². The van der Waals surface area contributed by atoms with Crippen molar-refractivity contribution in [2.45, 2.75) is 63.0 Å². The Morgan fingerprint density at radius 3 is 2.95 bits per heavy atom. The first kappa shape index (κ1) is 15.7. The molecule has 3 unspecified atom stereocenters. The first-order valence-corrected chi connectivity index (χ1v) is 9.23. The molecular formula is C17H27NOS. The molecule has 3 heteroatoms. The van der Waals surface area contributed by atoms with Crippen LogP contribution in [-0.2, 0) is 16.6 Å². The van der Waals surface area contributed by atoms with Crippen LogP contribution in [0.3, 0.4) is 0 Å². The summed E-state index contributed by atoms with van der Waals surface area (Å²) in [7, 11) is -0.732. The highest BCUT2D eigenvalue weighted by molar-refractivity contribution is 7.84. The summed E-state index contributed by atoms with van der Waals surface area (Å²) >= 11 is 0. The van der Waals surface area contributed by atoms with E-state index < -0.39 is 10.8 Å². The third kappa shape index (κ3) is 4.71. The third-order valence-corrected chi connectivity index (χ3v) is 5.86. The molecule has 1 aromatic carbocycles. The van der Waals surface area contributed by atoms with Crippen LogP contribution in [0.5, 0.6) is 0 Å². The van der Waals surface area contributed by atoms with Crippen LogP contribution in [0.2, 0.25) is 0 Å². The van der Waals surface area contributed by atoms with Crippen molar-refractivity contribution < 1.29 is 4.21 Å². The third-order valence-electron chi connectivity index (χ3n) is 4.07. The van der Waals surface area contributed by atoms with Gasteiger partial charge in [-0.15, -0.1) is 0 Å². The van der Waals surface area contributed by atoms with Crippen LogP contribution in [0, 0.1) is 6.92 Å². The van der Waals surface area contributed by atoms with Gasteiger partial charge in [-0.25, -0.2) is 0 Å². The molecule has 1 aliphatic rings. The molecule has 1 aromatic rings. The van der Waals surface area contributed by atoms with Crippen LogP contribution in [0.4, 0.5) is 0 Å². The number of benzene rings is 1. The molecule has 112 valence electrons. The van der Waals surface area contributed by atoms with Crippen LogP contribution in [0.1, 0.15) is 50.2 Å². The molecular weight excluding hydrogens is 266 g/mol. The highest BCUT2D eigenvalue weighted by Gasteiger charge is 2.25. The van der Waals surface area contributed by atoms with Gasteiger partial charge in [0.2, 0.25) is 0 Å². The summed E-state index contributed by atoms with van der Waals surface area (Å²) in [5.74, 6) is 0.715. The van der Waals surface area contributed by atoms with Crippen molar-refractivity contribution in [1.29, 1.82) is 0 Å². The molecule has 0 heterocycles. The average Bonchev–Trinajstić information content (AvgIpc) is 2.45. The number of nitrogens with one attached hydrogen (secondary N) is 1. The van der Waals surface area contributed by atoms with E-state index in [1.165, 1.54) is 30.4 Å². The van der Waals surface area contributed by atoms with E-state index in [9.17, 15) is 4.21 Å². The molecule has 0 spiro atoms. The second-order valence-corrected chi connectivity index (χ2v) is 7.67. The van der Waals surface area contributed by atoms with Crippen molar-refractivity contribution in [2.75, 3.05) is 6.54 Å². The Morgan fingerprint density at radius 2 is 2.20 bits per heavy atom. The lowest BCUT2D eigenvalue weighted by molar-refractivity contribution is 0.377. The maximum atomic E-state index is 12.6. The molecule has 2 rings (SSSR count). The summed E-state index contributed by atoms with van der Waals surface area (Å²) in [4.78, 5) is 0. The summed E-state index contributed by atoms with van der Waals surface area (Å²) in [6, 6.07) is 9.00. The maximum Gasteiger partial charge on any atom is 0.0488 e. The second kappa shape index (κ2) is 7.94. The standard InChI is InChI=1S/C17H27NOS/c1-3-10-18-16-8-5-9-17(12-16)20(19)13-15-7-4-6-14(2)11-15/h4,6-7,11,16-18H,3,5,8-10,12-13H2,1-2H3. The van der Waals surface area contributed by atoms with Crippen molar-refractivity contribution >= 4 is 10.8 Å². The molecule has 2 nitrogen and oxygen atoms in total. The van der Waals surface area contributed by atoms with Gasteiger partial charge in [0.1, 0.15) is 0 Å². The SMILES string of the molecule is CCCNC1CCCC(S(=O)Cc2cccc(C)c2)C1. The summed E-state index contributed by atoms with van der Waals surface area (Å²) in [6.45, 7) is 5.38. The van der Waals surface area contributed by atoms with E-state index in [1.54, 1.807) is 0 Å². The number of hydrogen-bond acceptors (Lipinski definition) is 2. The van der Waals surface area contributed by atoms with Gasteiger partial charge < -0.3 is 5.32 Å². The lowest BCUT2D eigenvalue weighted by Gasteiger charge is -2.29. The molecule has 1 N–H and O–H groups in total. The van der Waals surface area contributed by atoms with E-state index in [1.807, 2.05) is 0 Å². The van der Waals surface area contributed by atoms with Crippen LogP contribution < -0.4 is 5.32 Å². The molecule has 1 saturated carbocycles. The second-order valence-electron chi connectivity index (χ2n) is 5.95. The molecule has 0 bridgehead atoms. The van der Waals surface area contributed by atoms with E-state index in [0.717, 1.165) is 19.4 Å². The number of aryl methyl sites for hydroxylation is 1. The van der Waals surface area contributed by atoms with Crippen LogP contribution in [0.25, 0.3) is 0 Å². The van der Waals surface area contributed by atoms with E-state index in [0.29, 0.717) is 17.0 Å². The topological polar surface area (TPSA) is 29.1 Å². The Bertz CT molecular complexity index is 446. The van der Waals surface area contributed by atoms with E-state index in [-0.39, 0.29) is 0 Å². The molecule has 0 aliphatic heterocycles. The van der Waals surface area contributed by atoms with Gasteiger partial charge in [0.25, 0.3) is 0 Å². The Labute approximate surface area is 125 Å². The molecule has 0 radical (unpaired) electrons. The Hall–Kier alpha value is -0.670. The summed E-state index contributed by atoms with van der Waals surface area (Å²) in [5, 5.41) is 3.97. The van der Waals surface area contributed by atoms with Crippen LogP contribution >= 0.6 is 0 Å². The van der Waals surface area contributed by atoms with Crippen LogP contribution in [-0.4, -0.2) is 22.0 Å². The monoisotopic (exact) mass is 293 g/mol. The van der Waals surface area contributed by atoms with Crippen molar-refractivity contribution in [3.05, 3.63) is 35.4 Å². The minimum Gasteiger partial charge on any atom is -0.314 e. The number of rotatable bonds is 6. The Balaban J connectivity index is 1.88. The van der Waals surface area contributed by atoms with Crippen molar-refractivity contribution in [3.63, 3.8) is 0 Å². The molecule has 20 heavy (non-hydrogen) atoms. The molecule has 1 aliphatic carbocycles. The van der Waals surface area contributed by atoms with Crippen molar-refractivity contribution in [1.82, 2.24) is 5.32 Å². The molecule has 1 fully saturated rings. The van der Waals surface area contributed by atoms with E-state index >= 15 is 0 Å². The fraction of sp³-hybridized carbons (Fsp3) is 0.647. The van der Waals surface area contributed by atoms with Gasteiger partial charge in [0.05, 0.1) is 0 Å². The quantitative estimate of drug-likeness (QED) is 0.869. The van der Waals surface area contributed by atoms with Gasteiger partial charge >= 0.3 is 0 Å². The predicted octanol–water partition coefficient (Wildman–Crippen LogP) is 3.55. The summed E-state index contributed by atoms with van der Waals surface area (Å²) < 4.78 is 12.6. The summed E-state index contributed by atoms with van der Waals surface area (Å²) in [5.41, 5.74) is 2.47. The zero-order valence-corrected chi connectivity index (χ0v) is 13.5.